The van der Waals surface area contributed by atoms with Crippen LogP contribution in [0, 0.1) is 0 Å². The molecule has 1 heteroatoms. The Hall–Kier alpha value is -2.41. The molecule has 84 valence electrons. The van der Waals surface area contributed by atoms with Gasteiger partial charge in [0, 0.05) is 17.0 Å². The van der Waals surface area contributed by atoms with E-state index in [4.69, 9.17) is 0 Å². The topological polar surface area (TPSA) is 12.9 Å². The fourth-order valence-electron chi connectivity index (χ4n) is 2.63. The van der Waals surface area contributed by atoms with Gasteiger partial charge in [-0.05, 0) is 22.2 Å². The van der Waals surface area contributed by atoms with E-state index in [0.717, 1.165) is 5.52 Å². The minimum atomic E-state index is 1.06. The van der Waals surface area contributed by atoms with Gasteiger partial charge in [0.25, 0.3) is 0 Å². The lowest BCUT2D eigenvalue weighted by Gasteiger charge is -2.06. The molecule has 0 N–H and O–H groups in total. The van der Waals surface area contributed by atoms with Crippen molar-refractivity contribution in [1.29, 1.82) is 0 Å². The quantitative estimate of drug-likeness (QED) is 0.403. The zero-order valence-corrected chi connectivity index (χ0v) is 9.80. The predicted octanol–water partition coefficient (Wildman–Crippen LogP) is 4.54. The summed E-state index contributed by atoms with van der Waals surface area (Å²) in [6.45, 7) is 0. The summed E-state index contributed by atoms with van der Waals surface area (Å²) in [6.07, 6.45) is 1.95. The first kappa shape index (κ1) is 9.60. The lowest BCUT2D eigenvalue weighted by molar-refractivity contribution is 1.45. The third kappa shape index (κ3) is 1.25. The Balaban J connectivity index is 2.38. The summed E-state index contributed by atoms with van der Waals surface area (Å²) in [4.78, 5) is 4.56. The van der Waals surface area contributed by atoms with Gasteiger partial charge in [-0.15, -0.1) is 0 Å². The van der Waals surface area contributed by atoms with Crippen molar-refractivity contribution in [3.63, 3.8) is 0 Å². The Labute approximate surface area is 105 Å². The van der Waals surface area contributed by atoms with Crippen molar-refractivity contribution < 1.29 is 0 Å². The van der Waals surface area contributed by atoms with Crippen LogP contribution in [0.15, 0.2) is 66.9 Å². The molecule has 4 rings (SSSR count). The maximum atomic E-state index is 4.56. The van der Waals surface area contributed by atoms with Crippen molar-refractivity contribution in [3.8, 4) is 0 Å². The van der Waals surface area contributed by atoms with Crippen molar-refractivity contribution in [1.82, 2.24) is 4.98 Å². The maximum Gasteiger partial charge on any atom is 0.0714 e. The number of hydrogen-bond donors (Lipinski definition) is 0. The van der Waals surface area contributed by atoms with E-state index < -0.39 is 0 Å². The number of rotatable bonds is 0. The first-order chi connectivity index (χ1) is 8.93. The number of aromatic nitrogens is 1. The smallest absolute Gasteiger partial charge is 0.0714 e. The molecule has 0 bridgehead atoms. The van der Waals surface area contributed by atoms with Crippen LogP contribution in [0.2, 0.25) is 0 Å². The van der Waals surface area contributed by atoms with Crippen molar-refractivity contribution >= 4 is 32.4 Å². The summed E-state index contributed by atoms with van der Waals surface area (Å²) in [5, 5.41) is 6.27. The highest BCUT2D eigenvalue weighted by molar-refractivity contribution is 6.18. The molecule has 1 nitrogen and oxygen atoms in total. The van der Waals surface area contributed by atoms with Gasteiger partial charge in [-0.1, -0.05) is 54.6 Å². The molecule has 0 radical (unpaired) electrons. The van der Waals surface area contributed by atoms with Gasteiger partial charge in [0.2, 0.25) is 0 Å². The highest BCUT2D eigenvalue weighted by atomic mass is 14.6. The minimum absolute atomic E-state index is 1.06. The van der Waals surface area contributed by atoms with E-state index in [1.165, 1.54) is 26.9 Å². The average Bonchev–Trinajstić information content (AvgIpc) is 2.46. The van der Waals surface area contributed by atoms with Gasteiger partial charge in [-0.3, -0.25) is 4.98 Å². The fraction of sp³-hybridized carbons (Fsp3) is 0. The normalized spacial score (nSPS) is 11.3. The highest BCUT2D eigenvalue weighted by Gasteiger charge is 2.04. The van der Waals surface area contributed by atoms with Crippen LogP contribution in [0.1, 0.15) is 0 Å². The van der Waals surface area contributed by atoms with Gasteiger partial charge < -0.3 is 0 Å². The molecule has 0 aliphatic rings. The van der Waals surface area contributed by atoms with E-state index in [0.29, 0.717) is 0 Å². The molecule has 1 heterocycles. The molecule has 4 aromatic rings. The van der Waals surface area contributed by atoms with Crippen LogP contribution in [0.5, 0.6) is 0 Å². The largest absolute Gasteiger partial charge is 0.256 e. The lowest BCUT2D eigenvalue weighted by Crippen LogP contribution is -1.83. The summed E-state index contributed by atoms with van der Waals surface area (Å²) in [6, 6.07) is 21.2. The predicted molar refractivity (Wildman–Crippen MR) is 76.8 cm³/mol. The van der Waals surface area contributed by atoms with Gasteiger partial charge in [0.15, 0.2) is 0 Å². The molecule has 0 amide bonds. The second-order valence-electron chi connectivity index (χ2n) is 4.53. The van der Waals surface area contributed by atoms with Crippen molar-refractivity contribution in [2.24, 2.45) is 0 Å². The van der Waals surface area contributed by atoms with Crippen LogP contribution < -0.4 is 0 Å². The third-order valence-corrected chi connectivity index (χ3v) is 3.48. The van der Waals surface area contributed by atoms with E-state index >= 15 is 0 Å². The van der Waals surface area contributed by atoms with Gasteiger partial charge in [-0.2, -0.15) is 0 Å². The monoisotopic (exact) mass is 229 g/mol. The summed E-state index contributed by atoms with van der Waals surface area (Å²) >= 11 is 0. The van der Waals surface area contributed by atoms with Crippen LogP contribution in [0.4, 0.5) is 0 Å². The third-order valence-electron chi connectivity index (χ3n) is 3.48. The second kappa shape index (κ2) is 3.54. The molecule has 0 spiro atoms. The molecule has 1 aromatic heterocycles. The molecular weight excluding hydrogens is 218 g/mol. The number of nitrogens with zero attached hydrogens (tertiary/aromatic N) is 1. The van der Waals surface area contributed by atoms with Crippen molar-refractivity contribution in [2.45, 2.75) is 0 Å². The van der Waals surface area contributed by atoms with Crippen LogP contribution in [-0.4, -0.2) is 4.98 Å². The van der Waals surface area contributed by atoms with Gasteiger partial charge in [0.05, 0.1) is 5.52 Å². The fourth-order valence-corrected chi connectivity index (χ4v) is 2.63. The molecule has 0 aliphatic carbocycles. The van der Waals surface area contributed by atoms with E-state index in [9.17, 15) is 0 Å². The molecule has 0 aliphatic heterocycles. The van der Waals surface area contributed by atoms with E-state index in [1.807, 2.05) is 6.20 Å². The maximum absolute atomic E-state index is 4.56. The van der Waals surface area contributed by atoms with Crippen LogP contribution in [-0.2, 0) is 0 Å². The van der Waals surface area contributed by atoms with E-state index in [1.54, 1.807) is 0 Å². The van der Waals surface area contributed by atoms with Crippen LogP contribution in [0.3, 0.4) is 0 Å². The molecule has 18 heavy (non-hydrogen) atoms. The van der Waals surface area contributed by atoms with Crippen LogP contribution >= 0.6 is 0 Å². The highest BCUT2D eigenvalue weighted by Crippen LogP contribution is 2.30. The lowest BCUT2D eigenvalue weighted by atomic mass is 10.0. The molecule has 0 unspecified atom stereocenters. The van der Waals surface area contributed by atoms with Crippen molar-refractivity contribution in [3.05, 3.63) is 66.9 Å². The van der Waals surface area contributed by atoms with E-state index in [-0.39, 0.29) is 0 Å². The molecule has 0 atom stereocenters. The first-order valence-electron chi connectivity index (χ1n) is 6.09. The Bertz CT molecular complexity index is 807. The van der Waals surface area contributed by atoms with Gasteiger partial charge >= 0.3 is 0 Å². The summed E-state index contributed by atoms with van der Waals surface area (Å²) in [5.74, 6) is 0. The summed E-state index contributed by atoms with van der Waals surface area (Å²) < 4.78 is 0. The van der Waals surface area contributed by atoms with E-state index in [2.05, 4.69) is 65.6 Å². The zero-order valence-electron chi connectivity index (χ0n) is 9.80. The number of fused-ring (bicyclic) bond motifs is 5. The zero-order chi connectivity index (χ0) is 11.9. The number of hydrogen-bond acceptors (Lipinski definition) is 1. The number of benzene rings is 3. The second-order valence-corrected chi connectivity index (χ2v) is 4.53. The standard InChI is InChI=1S/C17H11N/c1-3-7-14-12(5-1)9-10-16-17(14)15-8-4-2-6-13(15)11-18-16/h1-11H. The molecular formula is C17H11N. The van der Waals surface area contributed by atoms with Gasteiger partial charge in [0.1, 0.15) is 0 Å². The molecule has 0 fully saturated rings. The Morgan fingerprint density at radius 2 is 1.28 bits per heavy atom. The molecule has 0 saturated carbocycles. The molecule has 3 aromatic carbocycles. The Morgan fingerprint density at radius 3 is 2.11 bits per heavy atom. The van der Waals surface area contributed by atoms with Crippen molar-refractivity contribution in [2.75, 3.05) is 0 Å². The van der Waals surface area contributed by atoms with Gasteiger partial charge in [-0.25, -0.2) is 0 Å². The summed E-state index contributed by atoms with van der Waals surface area (Å²) in [5.41, 5.74) is 1.06. The average molecular weight is 229 g/mol. The SMILES string of the molecule is c1ccc2c(c1)ccc1ncc3ccccc3c12. The Kier molecular flexibility index (Phi) is 1.89. The van der Waals surface area contributed by atoms with Crippen LogP contribution in [0.25, 0.3) is 32.4 Å². The first-order valence-corrected chi connectivity index (χ1v) is 6.09. The minimum Gasteiger partial charge on any atom is -0.256 e. The Morgan fingerprint density at radius 1 is 0.611 bits per heavy atom. The molecule has 0 saturated heterocycles. The summed E-state index contributed by atoms with van der Waals surface area (Å²) in [7, 11) is 0. The number of pyridine rings is 1.